The van der Waals surface area contributed by atoms with Crippen LogP contribution < -0.4 is 0 Å². The number of hydrogen-bond acceptors (Lipinski definition) is 2. The second-order valence-corrected chi connectivity index (χ2v) is 9.52. The lowest BCUT2D eigenvalue weighted by Gasteiger charge is -2.32. The molecule has 0 radical (unpaired) electrons. The summed E-state index contributed by atoms with van der Waals surface area (Å²) in [5.41, 5.74) is 7.57. The van der Waals surface area contributed by atoms with Gasteiger partial charge in [0.2, 0.25) is 0 Å². The highest BCUT2D eigenvalue weighted by molar-refractivity contribution is 5.95. The predicted octanol–water partition coefficient (Wildman–Crippen LogP) is 6.13. The number of aromatic nitrogens is 1. The molecule has 3 aliphatic rings. The molecule has 4 nitrogen and oxygen atoms in total. The molecule has 2 aliphatic heterocycles. The number of nitrogens with zero attached hydrogens (tertiary/aromatic N) is 3. The van der Waals surface area contributed by atoms with Crippen LogP contribution in [0.4, 0.5) is 5.69 Å². The topological polar surface area (TPSA) is 25.1 Å². The Labute approximate surface area is 193 Å². The summed E-state index contributed by atoms with van der Waals surface area (Å²) in [5, 5.41) is 4.03. The van der Waals surface area contributed by atoms with Crippen molar-refractivity contribution in [2.24, 2.45) is 0 Å². The molecule has 0 amide bonds. The summed E-state index contributed by atoms with van der Waals surface area (Å²) in [7, 11) is 0. The average molecular weight is 432 g/mol. The van der Waals surface area contributed by atoms with Gasteiger partial charge < -0.3 is 9.30 Å². The number of rotatable bonds is 4. The summed E-state index contributed by atoms with van der Waals surface area (Å²) in [6, 6.07) is 20.0. The summed E-state index contributed by atoms with van der Waals surface area (Å²) in [6.07, 6.45) is 7.17. The molecule has 1 aliphatic carbocycles. The van der Waals surface area contributed by atoms with Crippen LogP contribution in [0.1, 0.15) is 29.2 Å². The molecule has 33 heavy (non-hydrogen) atoms. The van der Waals surface area contributed by atoms with Crippen molar-refractivity contribution in [3.63, 3.8) is 0 Å². The smallest absolute Gasteiger partial charge is 0.188 e. The van der Waals surface area contributed by atoms with Crippen LogP contribution in [-0.2, 0) is 17.7 Å². The van der Waals surface area contributed by atoms with Crippen LogP contribution in [0, 0.1) is 6.57 Å². The van der Waals surface area contributed by atoms with E-state index >= 15 is 0 Å². The molecule has 162 valence electrons. The summed E-state index contributed by atoms with van der Waals surface area (Å²) in [5.74, 6) is 0. The second-order valence-electron chi connectivity index (χ2n) is 9.52. The Bertz CT molecular complexity index is 1480. The summed E-state index contributed by atoms with van der Waals surface area (Å²) >= 11 is 0. The fourth-order valence-corrected chi connectivity index (χ4v) is 5.91. The molecule has 4 aromatic rings. The largest absolute Gasteiger partial charge is 0.371 e. The predicted molar refractivity (Wildman–Crippen MR) is 132 cm³/mol. The summed E-state index contributed by atoms with van der Waals surface area (Å²) in [6.45, 7) is 11.2. The van der Waals surface area contributed by atoms with Crippen molar-refractivity contribution in [2.45, 2.75) is 31.5 Å². The van der Waals surface area contributed by atoms with Crippen LogP contribution in [0.5, 0.6) is 0 Å². The van der Waals surface area contributed by atoms with Crippen molar-refractivity contribution < 1.29 is 4.74 Å². The highest BCUT2D eigenvalue weighted by Gasteiger charge is 2.30. The first-order valence-corrected chi connectivity index (χ1v) is 11.8. The number of benzene rings is 3. The molecule has 3 aromatic carbocycles. The third-order valence-corrected chi connectivity index (χ3v) is 7.62. The molecule has 7 rings (SSSR count). The van der Waals surface area contributed by atoms with E-state index in [1.54, 1.807) is 0 Å². The Morgan fingerprint density at radius 2 is 1.97 bits per heavy atom. The standard InChI is InChI=1S/C29H25N3O/c1-30-22-8-9-27-25(15-22)26(17-32(27)16-23-18-33-23)19-10-12-31(13-11-19)28-14-21-6-2-4-20-5-3-7-24(28)29(20)21/h2-10,15,17,23,28H,11-14,16,18H2. The monoisotopic (exact) mass is 431 g/mol. The van der Waals surface area contributed by atoms with Gasteiger partial charge in [0.15, 0.2) is 5.69 Å². The van der Waals surface area contributed by atoms with Crippen LogP contribution in [0.25, 0.3) is 32.1 Å². The van der Waals surface area contributed by atoms with Gasteiger partial charge in [-0.3, -0.25) is 4.90 Å². The second kappa shape index (κ2) is 7.31. The fourth-order valence-electron chi connectivity index (χ4n) is 5.91. The lowest BCUT2D eigenvalue weighted by atomic mass is 9.96. The van der Waals surface area contributed by atoms with Crippen molar-refractivity contribution in [1.82, 2.24) is 9.47 Å². The number of fused-ring (bicyclic) bond motifs is 1. The van der Waals surface area contributed by atoms with Crippen LogP contribution in [0.3, 0.4) is 0 Å². The SMILES string of the molecule is [C-]#[N+]c1ccc2c(c1)c(C1=CCN(C3Cc4cccc5cccc3c45)CC1)cn2CC1CO1. The van der Waals surface area contributed by atoms with E-state index in [1.807, 2.05) is 6.07 Å². The molecule has 0 N–H and O–H groups in total. The number of epoxide rings is 1. The molecule has 0 bridgehead atoms. The first kappa shape index (κ1) is 19.1. The Morgan fingerprint density at radius 3 is 2.76 bits per heavy atom. The van der Waals surface area contributed by atoms with E-state index in [1.165, 1.54) is 43.9 Å². The van der Waals surface area contributed by atoms with E-state index in [-0.39, 0.29) is 0 Å². The lowest BCUT2D eigenvalue weighted by Crippen LogP contribution is -2.32. The molecular formula is C29H25N3O. The lowest BCUT2D eigenvalue weighted by molar-refractivity contribution is 0.222. The first-order chi connectivity index (χ1) is 16.3. The maximum atomic E-state index is 7.46. The van der Waals surface area contributed by atoms with Gasteiger partial charge in [0.25, 0.3) is 0 Å². The maximum Gasteiger partial charge on any atom is 0.188 e. The zero-order chi connectivity index (χ0) is 21.9. The minimum Gasteiger partial charge on any atom is -0.371 e. The van der Waals surface area contributed by atoms with Gasteiger partial charge in [0, 0.05) is 36.4 Å². The minimum atomic E-state index is 0.330. The van der Waals surface area contributed by atoms with E-state index in [4.69, 9.17) is 11.3 Å². The molecule has 2 atom stereocenters. The van der Waals surface area contributed by atoms with Gasteiger partial charge in [0.1, 0.15) is 0 Å². The summed E-state index contributed by atoms with van der Waals surface area (Å²) < 4.78 is 7.81. The van der Waals surface area contributed by atoms with E-state index in [9.17, 15) is 0 Å². The van der Waals surface area contributed by atoms with E-state index in [0.29, 0.717) is 17.8 Å². The zero-order valence-electron chi connectivity index (χ0n) is 18.5. The van der Waals surface area contributed by atoms with Gasteiger partial charge in [0.05, 0.1) is 25.8 Å². The van der Waals surface area contributed by atoms with Crippen LogP contribution in [-0.4, -0.2) is 35.3 Å². The normalized spacial score (nSPS) is 22.0. The average Bonchev–Trinajstić information content (AvgIpc) is 3.50. The van der Waals surface area contributed by atoms with Gasteiger partial charge in [-0.15, -0.1) is 0 Å². The third kappa shape index (κ3) is 3.12. The molecule has 1 aromatic heterocycles. The van der Waals surface area contributed by atoms with Gasteiger partial charge in [-0.05, 0) is 57.8 Å². The highest BCUT2D eigenvalue weighted by Crippen LogP contribution is 2.42. The molecule has 0 spiro atoms. The minimum absolute atomic E-state index is 0.330. The van der Waals surface area contributed by atoms with Crippen LogP contribution in [0.2, 0.25) is 0 Å². The van der Waals surface area contributed by atoms with Crippen molar-refractivity contribution in [3.05, 3.63) is 95.0 Å². The molecule has 3 heterocycles. The Hall–Kier alpha value is -3.39. The number of hydrogen-bond donors (Lipinski definition) is 0. The van der Waals surface area contributed by atoms with Gasteiger partial charge >= 0.3 is 0 Å². The van der Waals surface area contributed by atoms with Gasteiger partial charge in [-0.1, -0.05) is 48.5 Å². The fraction of sp³-hybridized carbons (Fsp3) is 0.276. The van der Waals surface area contributed by atoms with E-state index in [2.05, 4.69) is 75.1 Å². The third-order valence-electron chi connectivity index (χ3n) is 7.62. The molecule has 0 saturated carbocycles. The van der Waals surface area contributed by atoms with E-state index < -0.39 is 0 Å². The Balaban J connectivity index is 1.21. The van der Waals surface area contributed by atoms with Crippen molar-refractivity contribution in [1.29, 1.82) is 0 Å². The van der Waals surface area contributed by atoms with Crippen molar-refractivity contribution in [2.75, 3.05) is 19.7 Å². The number of ether oxygens (including phenoxy) is 1. The Morgan fingerprint density at radius 1 is 1.09 bits per heavy atom. The first-order valence-electron chi connectivity index (χ1n) is 11.8. The molecule has 2 unspecified atom stereocenters. The van der Waals surface area contributed by atoms with Crippen LogP contribution >= 0.6 is 0 Å². The van der Waals surface area contributed by atoms with Crippen molar-refractivity contribution >= 4 is 32.9 Å². The van der Waals surface area contributed by atoms with Gasteiger partial charge in [-0.25, -0.2) is 4.85 Å². The highest BCUT2D eigenvalue weighted by atomic mass is 16.6. The summed E-state index contributed by atoms with van der Waals surface area (Å²) in [4.78, 5) is 6.32. The van der Waals surface area contributed by atoms with Crippen molar-refractivity contribution in [3.8, 4) is 0 Å². The molecule has 4 heteroatoms. The molecule has 1 saturated heterocycles. The molecule has 1 fully saturated rings. The van der Waals surface area contributed by atoms with Crippen LogP contribution in [0.15, 0.2) is 66.9 Å². The Kier molecular flexibility index (Phi) is 4.24. The maximum absolute atomic E-state index is 7.46. The molecular weight excluding hydrogens is 406 g/mol. The quantitative estimate of drug-likeness (QED) is 0.287. The zero-order valence-corrected chi connectivity index (χ0v) is 18.5. The van der Waals surface area contributed by atoms with Gasteiger partial charge in [-0.2, -0.15) is 0 Å². The van der Waals surface area contributed by atoms with E-state index in [0.717, 1.165) is 39.1 Å².